The monoisotopic (exact) mass is 336 g/mol. The molecule has 1 aliphatic heterocycles. The average Bonchev–Trinajstić information content (AvgIpc) is 3.07. The number of rotatable bonds is 4. The molecule has 0 aromatic carbocycles. The van der Waals surface area contributed by atoms with Gasteiger partial charge < -0.3 is 14.6 Å². The fourth-order valence-corrected chi connectivity index (χ4v) is 2.55. The van der Waals surface area contributed by atoms with E-state index in [1.54, 1.807) is 24.0 Å². The van der Waals surface area contributed by atoms with E-state index < -0.39 is 12.1 Å². The Balaban J connectivity index is 1.81. The Kier molecular flexibility index (Phi) is 5.97. The Morgan fingerprint density at radius 2 is 1.79 bits per heavy atom. The number of piperazine rings is 1. The predicted octanol–water partition coefficient (Wildman–Crippen LogP) is 0.660. The number of nitrogens with zero attached hydrogens (tertiary/aromatic N) is 2. The first-order valence-corrected chi connectivity index (χ1v) is 8.06. The van der Waals surface area contributed by atoms with E-state index >= 15 is 0 Å². The molecule has 1 aliphatic rings. The van der Waals surface area contributed by atoms with Crippen molar-refractivity contribution >= 4 is 17.8 Å². The Bertz CT molecular complexity index is 577. The van der Waals surface area contributed by atoms with Crippen LogP contribution >= 0.6 is 0 Å². The Morgan fingerprint density at radius 3 is 2.33 bits per heavy atom. The maximum Gasteiger partial charge on any atom is 0.321 e. The molecule has 0 radical (unpaired) electrons. The first kappa shape index (κ1) is 18.0. The normalized spacial score (nSPS) is 16.8. The summed E-state index contributed by atoms with van der Waals surface area (Å²) in [5, 5.41) is 4.95. The molecule has 0 aliphatic carbocycles. The zero-order chi connectivity index (χ0) is 17.7. The second kappa shape index (κ2) is 7.96. The van der Waals surface area contributed by atoms with Gasteiger partial charge in [0.1, 0.15) is 0 Å². The van der Waals surface area contributed by atoms with Crippen molar-refractivity contribution in [3.05, 3.63) is 24.2 Å². The van der Waals surface area contributed by atoms with Crippen LogP contribution in [0, 0.1) is 0 Å². The molecule has 0 spiro atoms. The summed E-state index contributed by atoms with van der Waals surface area (Å²) in [6.07, 6.45) is 1.47. The van der Waals surface area contributed by atoms with Crippen LogP contribution in [0.4, 0.5) is 4.79 Å². The second-order valence-electron chi connectivity index (χ2n) is 6.10. The largest absolute Gasteiger partial charge is 0.459 e. The van der Waals surface area contributed by atoms with Gasteiger partial charge in [0, 0.05) is 32.2 Å². The predicted molar refractivity (Wildman–Crippen MR) is 87.5 cm³/mol. The first-order chi connectivity index (χ1) is 11.4. The summed E-state index contributed by atoms with van der Waals surface area (Å²) in [5.74, 6) is -0.174. The number of urea groups is 1. The van der Waals surface area contributed by atoms with Crippen molar-refractivity contribution in [2.45, 2.75) is 32.9 Å². The van der Waals surface area contributed by atoms with Crippen LogP contribution in [-0.2, 0) is 4.79 Å². The minimum atomic E-state index is -0.492. The fourth-order valence-electron chi connectivity index (χ4n) is 2.55. The number of hydrogen-bond acceptors (Lipinski definition) is 5. The molecule has 1 fully saturated rings. The van der Waals surface area contributed by atoms with E-state index in [9.17, 15) is 14.4 Å². The minimum absolute atomic E-state index is 0.0377. The molecular formula is C16H24N4O4. The third-order valence-electron chi connectivity index (χ3n) is 3.92. The number of amides is 4. The lowest BCUT2D eigenvalue weighted by Gasteiger charge is -2.37. The number of carbonyl (C=O) groups excluding carboxylic acids is 3. The first-order valence-electron chi connectivity index (χ1n) is 8.06. The molecule has 2 rings (SSSR count). The highest BCUT2D eigenvalue weighted by Gasteiger charge is 2.29. The van der Waals surface area contributed by atoms with Gasteiger partial charge in [0.15, 0.2) is 5.76 Å². The lowest BCUT2D eigenvalue weighted by atomic mass is 10.2. The zero-order valence-electron chi connectivity index (χ0n) is 14.2. The van der Waals surface area contributed by atoms with Crippen LogP contribution in [-0.4, -0.2) is 65.9 Å². The van der Waals surface area contributed by atoms with Gasteiger partial charge in [-0.15, -0.1) is 0 Å². The van der Waals surface area contributed by atoms with E-state index in [0.29, 0.717) is 31.9 Å². The molecule has 4 amide bonds. The summed E-state index contributed by atoms with van der Waals surface area (Å²) < 4.78 is 5.12. The molecule has 8 nitrogen and oxygen atoms in total. The number of hydrogen-bond donors (Lipinski definition) is 2. The highest BCUT2D eigenvalue weighted by molar-refractivity contribution is 5.97. The maximum absolute atomic E-state index is 12.2. The summed E-state index contributed by atoms with van der Waals surface area (Å²) >= 11 is 0. The third-order valence-corrected chi connectivity index (χ3v) is 3.92. The molecule has 0 saturated carbocycles. The van der Waals surface area contributed by atoms with Crippen molar-refractivity contribution in [3.63, 3.8) is 0 Å². The van der Waals surface area contributed by atoms with E-state index in [2.05, 4.69) is 10.6 Å². The standard InChI is InChI=1S/C16H24N4O4/c1-11(2)17-16(23)18-14(21)12(3)19-6-8-20(9-7-19)15(22)13-5-4-10-24-13/h4-5,10-12H,6-9H2,1-3H3,(H2,17,18,21,23). The summed E-state index contributed by atoms with van der Waals surface area (Å²) in [6, 6.07) is 2.34. The smallest absolute Gasteiger partial charge is 0.321 e. The van der Waals surface area contributed by atoms with Crippen molar-refractivity contribution in [1.29, 1.82) is 0 Å². The van der Waals surface area contributed by atoms with Crippen molar-refractivity contribution in [1.82, 2.24) is 20.4 Å². The molecule has 24 heavy (non-hydrogen) atoms. The van der Waals surface area contributed by atoms with Crippen LogP contribution in [0.15, 0.2) is 22.8 Å². The molecule has 8 heteroatoms. The van der Waals surface area contributed by atoms with Gasteiger partial charge in [-0.3, -0.25) is 19.8 Å². The number of furan rings is 1. The summed E-state index contributed by atoms with van der Waals surface area (Å²) in [5.41, 5.74) is 0. The molecule has 2 N–H and O–H groups in total. The van der Waals surface area contributed by atoms with Gasteiger partial charge in [0.05, 0.1) is 12.3 Å². The highest BCUT2D eigenvalue weighted by atomic mass is 16.3. The quantitative estimate of drug-likeness (QED) is 0.842. The van der Waals surface area contributed by atoms with E-state index in [4.69, 9.17) is 4.42 Å². The van der Waals surface area contributed by atoms with Gasteiger partial charge >= 0.3 is 6.03 Å². The second-order valence-corrected chi connectivity index (χ2v) is 6.10. The lowest BCUT2D eigenvalue weighted by Crippen LogP contribution is -2.56. The third kappa shape index (κ3) is 4.58. The van der Waals surface area contributed by atoms with Gasteiger partial charge in [0.25, 0.3) is 5.91 Å². The molecule has 132 valence electrons. The van der Waals surface area contributed by atoms with Crippen LogP contribution in [0.3, 0.4) is 0 Å². The Hall–Kier alpha value is -2.35. The minimum Gasteiger partial charge on any atom is -0.459 e. The summed E-state index contributed by atoms with van der Waals surface area (Å²) in [4.78, 5) is 39.6. The number of carbonyl (C=O) groups is 3. The van der Waals surface area contributed by atoms with E-state index in [1.165, 1.54) is 6.26 Å². The Labute approximate surface area is 141 Å². The average molecular weight is 336 g/mol. The van der Waals surface area contributed by atoms with Crippen molar-refractivity contribution in [3.8, 4) is 0 Å². The van der Waals surface area contributed by atoms with Crippen molar-refractivity contribution < 1.29 is 18.8 Å². The van der Waals surface area contributed by atoms with Crippen molar-refractivity contribution in [2.75, 3.05) is 26.2 Å². The Morgan fingerprint density at radius 1 is 1.12 bits per heavy atom. The summed E-state index contributed by atoms with van der Waals surface area (Å²) in [7, 11) is 0. The molecule has 1 saturated heterocycles. The fraction of sp³-hybridized carbons (Fsp3) is 0.562. The molecule has 1 aromatic heterocycles. The van der Waals surface area contributed by atoms with E-state index in [-0.39, 0.29) is 17.9 Å². The maximum atomic E-state index is 12.2. The zero-order valence-corrected chi connectivity index (χ0v) is 14.2. The van der Waals surface area contributed by atoms with Crippen LogP contribution in [0.25, 0.3) is 0 Å². The van der Waals surface area contributed by atoms with Gasteiger partial charge in [-0.1, -0.05) is 0 Å². The van der Waals surface area contributed by atoms with E-state index in [0.717, 1.165) is 0 Å². The number of imide groups is 1. The summed E-state index contributed by atoms with van der Waals surface area (Å²) in [6.45, 7) is 7.54. The molecule has 1 aromatic rings. The van der Waals surface area contributed by atoms with Gasteiger partial charge in [-0.05, 0) is 32.9 Å². The molecule has 0 bridgehead atoms. The van der Waals surface area contributed by atoms with Crippen LogP contribution in [0.5, 0.6) is 0 Å². The van der Waals surface area contributed by atoms with Crippen LogP contribution in [0.2, 0.25) is 0 Å². The molecule has 1 unspecified atom stereocenters. The van der Waals surface area contributed by atoms with E-state index in [1.807, 2.05) is 18.7 Å². The highest BCUT2D eigenvalue weighted by Crippen LogP contribution is 2.11. The van der Waals surface area contributed by atoms with Crippen molar-refractivity contribution in [2.24, 2.45) is 0 Å². The SMILES string of the molecule is CC(C)NC(=O)NC(=O)C(C)N1CCN(C(=O)c2ccco2)CC1. The van der Waals surface area contributed by atoms with Crippen LogP contribution < -0.4 is 10.6 Å². The van der Waals surface area contributed by atoms with Gasteiger partial charge in [-0.2, -0.15) is 0 Å². The molecule has 2 heterocycles. The van der Waals surface area contributed by atoms with Crippen LogP contribution in [0.1, 0.15) is 31.3 Å². The number of nitrogens with one attached hydrogen (secondary N) is 2. The lowest BCUT2D eigenvalue weighted by molar-refractivity contribution is -0.125. The van der Waals surface area contributed by atoms with Gasteiger partial charge in [-0.25, -0.2) is 4.79 Å². The molecule has 1 atom stereocenters. The topological polar surface area (TPSA) is 94.9 Å². The molecular weight excluding hydrogens is 312 g/mol. The van der Waals surface area contributed by atoms with Gasteiger partial charge in [0.2, 0.25) is 5.91 Å².